The van der Waals surface area contributed by atoms with E-state index in [9.17, 15) is 41.1 Å². The normalized spacial score (nSPS) is 15.6. The van der Waals surface area contributed by atoms with Crippen molar-refractivity contribution in [2.45, 2.75) is 83.4 Å². The second kappa shape index (κ2) is 17.6. The Morgan fingerprint density at radius 3 is 2.28 bits per heavy atom. The van der Waals surface area contributed by atoms with Gasteiger partial charge in [-0.2, -0.15) is 8.78 Å². The Kier molecular flexibility index (Phi) is 13.9. The maximum atomic E-state index is 14.4. The first-order chi connectivity index (χ1) is 22.0. The Labute approximate surface area is 263 Å². The van der Waals surface area contributed by atoms with Gasteiger partial charge in [0.25, 0.3) is 0 Å². The lowest BCUT2D eigenvalue weighted by molar-refractivity contribution is -0.132. The third kappa shape index (κ3) is 9.96. The number of unbranched alkanes of at least 4 members (excludes halogenated alkanes) is 4. The fourth-order valence-corrected chi connectivity index (χ4v) is 5.13. The van der Waals surface area contributed by atoms with E-state index in [4.69, 9.17) is 9.84 Å². The molecule has 3 atom stereocenters. The van der Waals surface area contributed by atoms with E-state index >= 15 is 0 Å². The molecule has 3 rings (SSSR count). The van der Waals surface area contributed by atoms with E-state index in [2.05, 4.69) is 22.9 Å². The van der Waals surface area contributed by atoms with E-state index in [0.29, 0.717) is 24.9 Å². The van der Waals surface area contributed by atoms with Crippen LogP contribution in [-0.2, 0) is 32.2 Å². The number of halogens is 5. The van der Waals surface area contributed by atoms with Crippen LogP contribution in [0.5, 0.6) is 5.75 Å². The minimum atomic E-state index is -1.97. The van der Waals surface area contributed by atoms with Crippen LogP contribution in [0.15, 0.2) is 24.3 Å². The number of aliphatic hydroxyl groups is 1. The molecule has 0 spiro atoms. The molecule has 1 aliphatic heterocycles. The molecule has 0 aromatic heterocycles. The minimum absolute atomic E-state index is 0.119. The van der Waals surface area contributed by atoms with Gasteiger partial charge in [0.15, 0.2) is 23.2 Å². The van der Waals surface area contributed by atoms with Gasteiger partial charge < -0.3 is 25.8 Å². The van der Waals surface area contributed by atoms with Crippen LogP contribution < -0.4 is 20.7 Å². The first-order valence-electron chi connectivity index (χ1n) is 15.2. The van der Waals surface area contributed by atoms with E-state index in [1.165, 1.54) is 18.2 Å². The summed E-state index contributed by atoms with van der Waals surface area (Å²) in [5.74, 6) is -13.3. The molecule has 3 amide bonds. The van der Waals surface area contributed by atoms with Crippen LogP contribution in [0, 0.1) is 35.0 Å². The van der Waals surface area contributed by atoms with Crippen LogP contribution >= 0.6 is 0 Å². The van der Waals surface area contributed by atoms with Crippen molar-refractivity contribution in [1.29, 1.82) is 0 Å². The highest BCUT2D eigenvalue weighted by Gasteiger charge is 2.34. The van der Waals surface area contributed by atoms with E-state index < -0.39 is 95.1 Å². The molecular formula is C32H38F5N3O6. The highest BCUT2D eigenvalue weighted by molar-refractivity contribution is 5.94. The molecule has 46 heavy (non-hydrogen) atoms. The van der Waals surface area contributed by atoms with Gasteiger partial charge in [0.05, 0.1) is 18.2 Å². The molecule has 0 saturated carbocycles. The van der Waals surface area contributed by atoms with Crippen LogP contribution in [0.4, 0.5) is 22.0 Å². The number of ether oxygens (including phenoxy) is 1. The summed E-state index contributed by atoms with van der Waals surface area (Å²) in [6.45, 7) is -0.147. The highest BCUT2D eigenvalue weighted by atomic mass is 19.2. The van der Waals surface area contributed by atoms with Crippen molar-refractivity contribution in [2.24, 2.45) is 5.92 Å². The quantitative estimate of drug-likeness (QED) is 0.109. The van der Waals surface area contributed by atoms with Crippen molar-refractivity contribution in [3.05, 3.63) is 64.5 Å². The van der Waals surface area contributed by atoms with E-state index in [1.807, 2.05) is 0 Å². The first kappa shape index (κ1) is 36.4. The molecule has 1 aliphatic rings. The predicted molar refractivity (Wildman–Crippen MR) is 156 cm³/mol. The number of ketones is 1. The molecule has 0 radical (unpaired) electrons. The zero-order chi connectivity index (χ0) is 33.8. The number of amides is 3. The largest absolute Gasteiger partial charge is 0.479 e. The lowest BCUT2D eigenvalue weighted by Crippen LogP contribution is -2.53. The Bertz CT molecular complexity index is 1380. The maximum absolute atomic E-state index is 14.4. The molecule has 1 saturated heterocycles. The smallest absolute Gasteiger partial charge is 0.243 e. The summed E-state index contributed by atoms with van der Waals surface area (Å²) in [5.41, 5.74) is -0.899. The number of Topliss-reactive ketones (excluding diaryl/α,β-unsaturated/α-hetero) is 1. The summed E-state index contributed by atoms with van der Waals surface area (Å²) in [6, 6.07) is 2.59. The first-order valence-corrected chi connectivity index (χ1v) is 15.2. The molecule has 9 nitrogen and oxygen atoms in total. The Morgan fingerprint density at radius 1 is 0.978 bits per heavy atom. The average molecular weight is 656 g/mol. The fraction of sp³-hybridized carbons (Fsp3) is 0.500. The van der Waals surface area contributed by atoms with Crippen molar-refractivity contribution in [2.75, 3.05) is 13.2 Å². The van der Waals surface area contributed by atoms with E-state index in [0.717, 1.165) is 25.7 Å². The molecule has 252 valence electrons. The Balaban J connectivity index is 1.80. The fourth-order valence-electron chi connectivity index (χ4n) is 5.13. The van der Waals surface area contributed by atoms with Gasteiger partial charge >= 0.3 is 0 Å². The summed E-state index contributed by atoms with van der Waals surface area (Å²) in [7, 11) is 0. The number of rotatable bonds is 18. The minimum Gasteiger partial charge on any atom is -0.479 e. The summed E-state index contributed by atoms with van der Waals surface area (Å²) in [4.78, 5) is 51.8. The van der Waals surface area contributed by atoms with Gasteiger partial charge in [-0.3, -0.25) is 19.2 Å². The van der Waals surface area contributed by atoms with Crippen LogP contribution in [-0.4, -0.2) is 53.8 Å². The van der Waals surface area contributed by atoms with Crippen LogP contribution in [0.1, 0.15) is 69.4 Å². The summed E-state index contributed by atoms with van der Waals surface area (Å²) < 4.78 is 75.9. The van der Waals surface area contributed by atoms with Gasteiger partial charge in [-0.25, -0.2) is 13.2 Å². The number of carbonyl (C=O) groups is 4. The van der Waals surface area contributed by atoms with Crippen molar-refractivity contribution >= 4 is 23.5 Å². The van der Waals surface area contributed by atoms with Gasteiger partial charge in [-0.1, -0.05) is 44.7 Å². The van der Waals surface area contributed by atoms with Crippen LogP contribution in [0.3, 0.4) is 0 Å². The van der Waals surface area contributed by atoms with E-state index in [-0.39, 0.29) is 19.3 Å². The average Bonchev–Trinajstić information content (AvgIpc) is 3.43. The zero-order valence-corrected chi connectivity index (χ0v) is 25.4. The molecular weight excluding hydrogens is 617 g/mol. The molecule has 2 aromatic carbocycles. The number of hydrogen-bond donors (Lipinski definition) is 4. The lowest BCUT2D eigenvalue weighted by Gasteiger charge is -2.24. The number of benzene rings is 2. The molecule has 1 fully saturated rings. The molecule has 0 aliphatic carbocycles. The molecule has 2 aromatic rings. The zero-order valence-electron chi connectivity index (χ0n) is 25.4. The van der Waals surface area contributed by atoms with Gasteiger partial charge in [-0.05, 0) is 37.0 Å². The van der Waals surface area contributed by atoms with Crippen molar-refractivity contribution in [1.82, 2.24) is 16.0 Å². The summed E-state index contributed by atoms with van der Waals surface area (Å²) in [5, 5.41) is 16.7. The number of carbonyl (C=O) groups excluding carboxylic acids is 4. The van der Waals surface area contributed by atoms with Crippen molar-refractivity contribution < 1.29 is 51.0 Å². The van der Waals surface area contributed by atoms with Gasteiger partial charge in [0.1, 0.15) is 18.5 Å². The predicted octanol–water partition coefficient (Wildman–Crippen LogP) is 3.92. The van der Waals surface area contributed by atoms with Crippen molar-refractivity contribution in [3.8, 4) is 5.75 Å². The third-order valence-electron chi connectivity index (χ3n) is 7.71. The third-order valence-corrected chi connectivity index (χ3v) is 7.71. The van der Waals surface area contributed by atoms with Gasteiger partial charge in [-0.15, -0.1) is 0 Å². The number of nitrogens with one attached hydrogen (secondary N) is 3. The molecule has 0 bridgehead atoms. The topological polar surface area (TPSA) is 134 Å². The molecule has 0 unspecified atom stereocenters. The number of aliphatic hydroxyl groups excluding tert-OH is 1. The molecule has 14 heteroatoms. The highest BCUT2D eigenvalue weighted by Crippen LogP contribution is 2.30. The second-order valence-electron chi connectivity index (χ2n) is 11.2. The van der Waals surface area contributed by atoms with Gasteiger partial charge in [0, 0.05) is 25.3 Å². The SMILES string of the molecule is CCCCCCCC(=O)N[C@@H](Cc1cccc(F)c1)C(=O)N[C@@H](C[C@@H]1CCNC1=O)C(=O)COc1c(F)c(F)c(CO)c(F)c1F. The maximum Gasteiger partial charge on any atom is 0.243 e. The summed E-state index contributed by atoms with van der Waals surface area (Å²) in [6.07, 6.45) is 4.37. The van der Waals surface area contributed by atoms with Gasteiger partial charge in [0.2, 0.25) is 29.4 Å². The standard InChI is InChI=1S/C32H38F5N3O6/c1-2-3-4-5-6-10-25(43)39-23(14-18-8-7-9-20(33)13-18)32(45)40-22(15-19-11-12-38-31(19)44)24(42)17-46-30-28(36)26(34)21(16-41)27(35)29(30)37/h7-9,13,19,22-23,41H,2-6,10-12,14-17H2,1H3,(H,38,44)(H,39,43)(H,40,45)/t19-,22-,23-/m0/s1. The van der Waals surface area contributed by atoms with E-state index in [1.54, 1.807) is 6.07 Å². The summed E-state index contributed by atoms with van der Waals surface area (Å²) >= 11 is 0. The lowest BCUT2D eigenvalue weighted by atomic mass is 9.95. The van der Waals surface area contributed by atoms with Crippen molar-refractivity contribution in [3.63, 3.8) is 0 Å². The number of hydrogen-bond acceptors (Lipinski definition) is 6. The Morgan fingerprint density at radius 2 is 1.67 bits per heavy atom. The second-order valence-corrected chi connectivity index (χ2v) is 11.2. The molecule has 4 N–H and O–H groups in total. The van der Waals surface area contributed by atoms with Crippen LogP contribution in [0.25, 0.3) is 0 Å². The Hall–Kier alpha value is -4.07. The van der Waals surface area contributed by atoms with Crippen LogP contribution in [0.2, 0.25) is 0 Å². The molecule has 1 heterocycles. The monoisotopic (exact) mass is 655 g/mol.